The fraction of sp³-hybridized carbons (Fsp3) is 0.312. The molecular weight excluding hydrogens is 339 g/mol. The molecule has 1 aromatic carbocycles. The fourth-order valence-electron chi connectivity index (χ4n) is 2.23. The summed E-state index contributed by atoms with van der Waals surface area (Å²) in [4.78, 5) is 35.7. The van der Waals surface area contributed by atoms with E-state index in [1.54, 1.807) is 24.3 Å². The molecule has 0 heterocycles. The lowest BCUT2D eigenvalue weighted by Gasteiger charge is -2.22. The molecule has 1 amide bonds. The number of ketones is 2. The molecule has 0 spiro atoms. The van der Waals surface area contributed by atoms with Crippen LogP contribution < -0.4 is 10.6 Å². The van der Waals surface area contributed by atoms with Gasteiger partial charge in [0.2, 0.25) is 11.6 Å². The zero-order chi connectivity index (χ0) is 17.0. The summed E-state index contributed by atoms with van der Waals surface area (Å²) in [7, 11) is 0. The Labute approximate surface area is 144 Å². The largest absolute Gasteiger partial charge is 0.380 e. The predicted molar refractivity (Wildman–Crippen MR) is 88.7 cm³/mol. The summed E-state index contributed by atoms with van der Waals surface area (Å²) in [5.41, 5.74) is 0.517. The second kappa shape index (κ2) is 7.62. The van der Waals surface area contributed by atoms with Gasteiger partial charge in [-0.15, -0.1) is 0 Å². The highest BCUT2D eigenvalue weighted by Crippen LogP contribution is 2.24. The third kappa shape index (κ3) is 3.74. The molecule has 1 aliphatic rings. The Balaban J connectivity index is 2.43. The molecule has 0 aliphatic heterocycles. The van der Waals surface area contributed by atoms with Crippen molar-refractivity contribution >= 4 is 40.7 Å². The van der Waals surface area contributed by atoms with Crippen LogP contribution in [0, 0.1) is 0 Å². The molecule has 0 saturated heterocycles. The number of alkyl halides is 2. The number of allylic oxidation sites excluding steroid dienone is 2. The summed E-state index contributed by atoms with van der Waals surface area (Å²) in [5.74, 6) is -1.53. The monoisotopic (exact) mass is 354 g/mol. The maximum absolute atomic E-state index is 12.6. The second-order valence-corrected chi connectivity index (χ2v) is 6.12. The Morgan fingerprint density at radius 2 is 1.65 bits per heavy atom. The van der Waals surface area contributed by atoms with E-state index in [1.165, 1.54) is 0 Å². The third-order valence-electron chi connectivity index (χ3n) is 3.40. The van der Waals surface area contributed by atoms with Gasteiger partial charge < -0.3 is 10.6 Å². The molecule has 0 unspecified atom stereocenters. The van der Waals surface area contributed by atoms with E-state index in [0.29, 0.717) is 12.1 Å². The van der Waals surface area contributed by atoms with E-state index in [1.807, 2.05) is 6.92 Å². The summed E-state index contributed by atoms with van der Waals surface area (Å²) in [6, 6.07) is 6.47. The van der Waals surface area contributed by atoms with Gasteiger partial charge in [0.25, 0.3) is 5.91 Å². The van der Waals surface area contributed by atoms with Crippen LogP contribution in [0.1, 0.15) is 40.5 Å². The molecule has 1 aromatic rings. The normalized spacial score (nSPS) is 14.1. The van der Waals surface area contributed by atoms with Crippen molar-refractivity contribution in [1.82, 2.24) is 10.6 Å². The molecule has 0 saturated carbocycles. The fourth-order valence-corrected chi connectivity index (χ4v) is 2.34. The van der Waals surface area contributed by atoms with E-state index in [2.05, 4.69) is 10.6 Å². The average molecular weight is 355 g/mol. The van der Waals surface area contributed by atoms with Crippen molar-refractivity contribution in [1.29, 1.82) is 0 Å². The van der Waals surface area contributed by atoms with Gasteiger partial charge in [0.15, 0.2) is 4.84 Å². The van der Waals surface area contributed by atoms with Crippen LogP contribution in [0.3, 0.4) is 0 Å². The van der Waals surface area contributed by atoms with Crippen LogP contribution in [0.2, 0.25) is 0 Å². The van der Waals surface area contributed by atoms with Gasteiger partial charge in [-0.05, 0) is 6.42 Å². The van der Waals surface area contributed by atoms with Gasteiger partial charge in [0.05, 0.1) is 0 Å². The van der Waals surface area contributed by atoms with Crippen molar-refractivity contribution in [2.24, 2.45) is 0 Å². The summed E-state index contributed by atoms with van der Waals surface area (Å²) in [5, 5.41) is 5.31. The number of rotatable bonds is 6. The summed E-state index contributed by atoms with van der Waals surface area (Å²) in [6.45, 7) is 2.52. The Morgan fingerprint density at radius 3 is 2.17 bits per heavy atom. The lowest BCUT2D eigenvalue weighted by Crippen LogP contribution is -2.40. The molecule has 23 heavy (non-hydrogen) atoms. The van der Waals surface area contributed by atoms with Crippen LogP contribution in [-0.4, -0.2) is 28.9 Å². The van der Waals surface area contributed by atoms with Crippen molar-refractivity contribution < 1.29 is 14.4 Å². The van der Waals surface area contributed by atoms with Crippen LogP contribution in [0.15, 0.2) is 35.7 Å². The summed E-state index contributed by atoms with van der Waals surface area (Å²) < 4.78 is 0. The van der Waals surface area contributed by atoms with Crippen LogP contribution in [-0.2, 0) is 4.79 Å². The topological polar surface area (TPSA) is 75.3 Å². The minimum atomic E-state index is -1.33. The van der Waals surface area contributed by atoms with Gasteiger partial charge in [-0.2, -0.15) is 0 Å². The van der Waals surface area contributed by atoms with E-state index >= 15 is 0 Å². The first kappa shape index (κ1) is 17.5. The zero-order valence-corrected chi connectivity index (χ0v) is 14.0. The summed E-state index contributed by atoms with van der Waals surface area (Å²) >= 11 is 11.0. The maximum atomic E-state index is 12.6. The van der Waals surface area contributed by atoms with Gasteiger partial charge in [-0.1, -0.05) is 60.8 Å². The minimum Gasteiger partial charge on any atom is -0.380 e. The van der Waals surface area contributed by atoms with E-state index in [-0.39, 0.29) is 22.7 Å². The van der Waals surface area contributed by atoms with Crippen molar-refractivity contribution in [2.75, 3.05) is 6.54 Å². The van der Waals surface area contributed by atoms with Crippen molar-refractivity contribution in [3.05, 3.63) is 46.8 Å². The Bertz CT molecular complexity index is 684. The van der Waals surface area contributed by atoms with E-state index in [0.717, 1.165) is 12.8 Å². The van der Waals surface area contributed by atoms with Gasteiger partial charge >= 0.3 is 0 Å². The second-order valence-electron chi connectivity index (χ2n) is 5.02. The van der Waals surface area contributed by atoms with Crippen LogP contribution in [0.5, 0.6) is 0 Å². The molecule has 0 bridgehead atoms. The average Bonchev–Trinajstić information content (AvgIpc) is 2.54. The number of amides is 1. The molecule has 0 aromatic heterocycles. The number of unbranched alkanes of at least 4 members (excludes halogenated alkanes) is 1. The highest BCUT2D eigenvalue weighted by atomic mass is 35.5. The lowest BCUT2D eigenvalue weighted by molar-refractivity contribution is -0.118. The number of nitrogens with one attached hydrogen (secondary N) is 2. The molecule has 5 nitrogen and oxygen atoms in total. The molecule has 0 fully saturated rings. The standard InChI is InChI=1S/C16H16Cl2N2O3/c1-2-3-8-19-11-12(20-16(23)15(17)18)14(22)10-7-5-4-6-9(10)13(11)21/h4-7,15,19H,2-3,8H2,1H3,(H,20,23). The highest BCUT2D eigenvalue weighted by molar-refractivity contribution is 6.53. The van der Waals surface area contributed by atoms with E-state index in [9.17, 15) is 14.4 Å². The van der Waals surface area contributed by atoms with E-state index in [4.69, 9.17) is 23.2 Å². The molecule has 0 radical (unpaired) electrons. The Hall–Kier alpha value is -1.85. The van der Waals surface area contributed by atoms with Gasteiger partial charge in [0, 0.05) is 17.7 Å². The van der Waals surface area contributed by atoms with Crippen LogP contribution in [0.25, 0.3) is 0 Å². The quantitative estimate of drug-likeness (QED) is 0.608. The highest BCUT2D eigenvalue weighted by Gasteiger charge is 2.33. The van der Waals surface area contributed by atoms with Crippen molar-refractivity contribution in [3.63, 3.8) is 0 Å². The Kier molecular flexibility index (Phi) is 5.80. The molecule has 1 aliphatic carbocycles. The smallest absolute Gasteiger partial charge is 0.257 e. The number of carbonyl (C=O) groups excluding carboxylic acids is 3. The van der Waals surface area contributed by atoms with Crippen LogP contribution >= 0.6 is 23.2 Å². The lowest BCUT2D eigenvalue weighted by atomic mass is 9.90. The number of benzene rings is 1. The number of carbonyl (C=O) groups is 3. The SMILES string of the molecule is CCCCNC1=C(NC(=O)C(Cl)Cl)C(=O)c2ccccc2C1=O. The van der Waals surface area contributed by atoms with Gasteiger partial charge in [-0.3, -0.25) is 14.4 Å². The number of hydrogen-bond acceptors (Lipinski definition) is 4. The van der Waals surface area contributed by atoms with Crippen molar-refractivity contribution in [3.8, 4) is 0 Å². The molecule has 7 heteroatoms. The minimum absolute atomic E-state index is 0.0736. The molecule has 0 atom stereocenters. The first-order valence-electron chi connectivity index (χ1n) is 7.23. The van der Waals surface area contributed by atoms with Crippen molar-refractivity contribution in [2.45, 2.75) is 24.6 Å². The molecule has 2 N–H and O–H groups in total. The summed E-state index contributed by atoms with van der Waals surface area (Å²) in [6.07, 6.45) is 1.74. The first-order valence-corrected chi connectivity index (χ1v) is 8.10. The predicted octanol–water partition coefficient (Wildman–Crippen LogP) is 2.59. The van der Waals surface area contributed by atoms with Gasteiger partial charge in [0.1, 0.15) is 11.4 Å². The zero-order valence-electron chi connectivity index (χ0n) is 12.5. The number of Topliss-reactive ketones (excluding diaryl/α,β-unsaturated/α-hetero) is 2. The molecule has 122 valence electrons. The van der Waals surface area contributed by atoms with Gasteiger partial charge in [-0.25, -0.2) is 0 Å². The molecule has 2 rings (SSSR count). The number of halogens is 2. The van der Waals surface area contributed by atoms with Crippen LogP contribution in [0.4, 0.5) is 0 Å². The number of fused-ring (bicyclic) bond motifs is 1. The molecular formula is C16H16Cl2N2O3. The number of hydrogen-bond donors (Lipinski definition) is 2. The van der Waals surface area contributed by atoms with E-state index < -0.39 is 16.5 Å². The first-order chi connectivity index (χ1) is 11.0. The third-order valence-corrected chi connectivity index (χ3v) is 3.80. The Morgan fingerprint density at radius 1 is 1.09 bits per heavy atom. The maximum Gasteiger partial charge on any atom is 0.257 e.